The van der Waals surface area contributed by atoms with Crippen LogP contribution in [-0.2, 0) is 4.79 Å². The number of halogens is 1. The van der Waals surface area contributed by atoms with Crippen LogP contribution in [0.5, 0.6) is 0 Å². The Bertz CT molecular complexity index is 1200. The smallest absolute Gasteiger partial charge is 0.254 e. The predicted octanol–water partition coefficient (Wildman–Crippen LogP) is 3.40. The standard InChI is InChI=1S/C23H22FN5O2/c1-14-12-28(23(31)15-4-7-25-20(24)10-15)9-6-17(14)19-11-21(29(13-30)16-2-3-16)27-22-18(19)5-8-26-22/h4-8,10-11,13-14,16H,2-3,9,12H2,1H3,(H,26,27)/t14-/m1/s1. The first kappa shape index (κ1) is 19.4. The van der Waals surface area contributed by atoms with Crippen molar-refractivity contribution in [1.29, 1.82) is 0 Å². The maximum Gasteiger partial charge on any atom is 0.254 e. The third-order valence-corrected chi connectivity index (χ3v) is 5.96. The molecule has 3 aromatic heterocycles. The summed E-state index contributed by atoms with van der Waals surface area (Å²) in [5.41, 5.74) is 3.16. The van der Waals surface area contributed by atoms with Crippen molar-refractivity contribution in [1.82, 2.24) is 19.9 Å². The molecule has 8 heteroatoms. The summed E-state index contributed by atoms with van der Waals surface area (Å²) < 4.78 is 13.4. The summed E-state index contributed by atoms with van der Waals surface area (Å²) in [7, 11) is 0. The van der Waals surface area contributed by atoms with E-state index in [1.165, 1.54) is 12.3 Å². The fourth-order valence-electron chi connectivity index (χ4n) is 4.25. The van der Waals surface area contributed by atoms with Gasteiger partial charge in [-0.2, -0.15) is 4.39 Å². The number of amides is 2. The van der Waals surface area contributed by atoms with Gasteiger partial charge < -0.3 is 9.88 Å². The average Bonchev–Trinajstić information content (AvgIpc) is 3.49. The molecule has 0 spiro atoms. The van der Waals surface area contributed by atoms with Crippen molar-refractivity contribution in [2.75, 3.05) is 18.0 Å². The van der Waals surface area contributed by atoms with E-state index in [0.29, 0.717) is 24.5 Å². The summed E-state index contributed by atoms with van der Waals surface area (Å²) in [5, 5.41) is 0.986. The van der Waals surface area contributed by atoms with Crippen molar-refractivity contribution in [3.05, 3.63) is 59.8 Å². The normalized spacial score (nSPS) is 18.7. The van der Waals surface area contributed by atoms with Crippen LogP contribution >= 0.6 is 0 Å². The first-order valence-electron chi connectivity index (χ1n) is 10.4. The van der Waals surface area contributed by atoms with Crippen LogP contribution in [0.25, 0.3) is 16.6 Å². The first-order valence-corrected chi connectivity index (χ1v) is 10.4. The molecule has 0 aromatic carbocycles. The minimum Gasteiger partial charge on any atom is -0.346 e. The van der Waals surface area contributed by atoms with Gasteiger partial charge in [-0.05, 0) is 48.1 Å². The highest BCUT2D eigenvalue weighted by molar-refractivity contribution is 5.96. The molecule has 1 N–H and O–H groups in total. The zero-order chi connectivity index (χ0) is 21.5. The minimum absolute atomic E-state index is 0.0586. The second kappa shape index (κ2) is 7.61. The van der Waals surface area contributed by atoms with E-state index in [-0.39, 0.29) is 17.9 Å². The number of hydrogen-bond donors (Lipinski definition) is 1. The lowest BCUT2D eigenvalue weighted by Gasteiger charge is -2.32. The van der Waals surface area contributed by atoms with E-state index in [0.717, 1.165) is 47.5 Å². The molecule has 4 heterocycles. The number of fused-ring (bicyclic) bond motifs is 1. The Hall–Kier alpha value is -3.55. The van der Waals surface area contributed by atoms with E-state index in [2.05, 4.69) is 21.9 Å². The number of rotatable bonds is 5. The molecule has 1 fully saturated rings. The monoisotopic (exact) mass is 419 g/mol. The zero-order valence-corrected chi connectivity index (χ0v) is 17.1. The number of nitrogens with one attached hydrogen (secondary N) is 1. The highest BCUT2D eigenvalue weighted by Gasteiger charge is 2.31. The van der Waals surface area contributed by atoms with E-state index >= 15 is 0 Å². The van der Waals surface area contributed by atoms with Gasteiger partial charge in [0.05, 0.1) is 0 Å². The van der Waals surface area contributed by atoms with E-state index in [1.54, 1.807) is 9.80 Å². The highest BCUT2D eigenvalue weighted by atomic mass is 19.1. The van der Waals surface area contributed by atoms with Crippen LogP contribution in [0.2, 0.25) is 0 Å². The maximum atomic E-state index is 13.4. The molecule has 158 valence electrons. The topological polar surface area (TPSA) is 82.2 Å². The Labute approximate surface area is 178 Å². The average molecular weight is 419 g/mol. The molecule has 1 aliphatic heterocycles. The molecular weight excluding hydrogens is 397 g/mol. The van der Waals surface area contributed by atoms with Crippen LogP contribution in [0.3, 0.4) is 0 Å². The quantitative estimate of drug-likeness (QED) is 0.508. The third kappa shape index (κ3) is 3.58. The Morgan fingerprint density at radius 3 is 2.87 bits per heavy atom. The van der Waals surface area contributed by atoms with Gasteiger partial charge in [-0.3, -0.25) is 14.5 Å². The molecule has 0 bridgehead atoms. The lowest BCUT2D eigenvalue weighted by Crippen LogP contribution is -2.38. The number of pyridine rings is 2. The van der Waals surface area contributed by atoms with Gasteiger partial charge in [0.25, 0.3) is 5.91 Å². The maximum absolute atomic E-state index is 13.4. The van der Waals surface area contributed by atoms with E-state index < -0.39 is 5.95 Å². The second-order valence-electron chi connectivity index (χ2n) is 8.15. The summed E-state index contributed by atoms with van der Waals surface area (Å²) >= 11 is 0. The number of H-pyrrole nitrogens is 1. The zero-order valence-electron chi connectivity index (χ0n) is 17.1. The Balaban J connectivity index is 1.48. The fraction of sp³-hybridized carbons (Fsp3) is 0.304. The molecule has 1 aliphatic carbocycles. The number of carbonyl (C=O) groups is 2. The Morgan fingerprint density at radius 2 is 2.16 bits per heavy atom. The number of aromatic nitrogens is 3. The van der Waals surface area contributed by atoms with E-state index in [1.807, 2.05) is 24.4 Å². The number of hydrogen-bond acceptors (Lipinski definition) is 4. The molecule has 0 unspecified atom stereocenters. The van der Waals surface area contributed by atoms with Crippen LogP contribution in [0.15, 0.2) is 42.7 Å². The molecule has 1 saturated carbocycles. The largest absolute Gasteiger partial charge is 0.346 e. The Kier molecular flexibility index (Phi) is 4.77. The van der Waals surface area contributed by atoms with Gasteiger partial charge in [-0.25, -0.2) is 9.97 Å². The van der Waals surface area contributed by atoms with Crippen molar-refractivity contribution in [3.63, 3.8) is 0 Å². The molecule has 7 nitrogen and oxygen atoms in total. The molecule has 3 aromatic rings. The van der Waals surface area contributed by atoms with Crippen LogP contribution in [0.4, 0.5) is 10.2 Å². The summed E-state index contributed by atoms with van der Waals surface area (Å²) in [6, 6.07) is 6.86. The van der Waals surface area contributed by atoms with Crippen molar-refractivity contribution in [3.8, 4) is 0 Å². The molecule has 0 saturated heterocycles. The predicted molar refractivity (Wildman–Crippen MR) is 115 cm³/mol. The summed E-state index contributed by atoms with van der Waals surface area (Å²) in [6.07, 6.45) is 8.02. The van der Waals surface area contributed by atoms with Gasteiger partial charge in [0.1, 0.15) is 11.5 Å². The van der Waals surface area contributed by atoms with Gasteiger partial charge in [0.2, 0.25) is 12.4 Å². The second-order valence-corrected chi connectivity index (χ2v) is 8.15. The summed E-state index contributed by atoms with van der Waals surface area (Å²) in [5.74, 6) is -0.183. The van der Waals surface area contributed by atoms with Crippen LogP contribution < -0.4 is 4.90 Å². The lowest BCUT2D eigenvalue weighted by atomic mass is 9.89. The van der Waals surface area contributed by atoms with E-state index in [9.17, 15) is 14.0 Å². The van der Waals surface area contributed by atoms with Gasteiger partial charge in [-0.1, -0.05) is 13.0 Å². The van der Waals surface area contributed by atoms with Gasteiger partial charge in [0.15, 0.2) is 0 Å². The van der Waals surface area contributed by atoms with Crippen LogP contribution in [0.1, 0.15) is 35.7 Å². The molecule has 0 radical (unpaired) electrons. The van der Waals surface area contributed by atoms with Gasteiger partial charge in [0, 0.05) is 48.5 Å². The third-order valence-electron chi connectivity index (χ3n) is 5.96. The van der Waals surface area contributed by atoms with Crippen molar-refractivity contribution >= 4 is 34.7 Å². The van der Waals surface area contributed by atoms with Crippen molar-refractivity contribution < 1.29 is 14.0 Å². The number of carbonyl (C=O) groups excluding carboxylic acids is 2. The van der Waals surface area contributed by atoms with Crippen LogP contribution in [-0.4, -0.2) is 51.3 Å². The molecule has 5 rings (SSSR count). The summed E-state index contributed by atoms with van der Waals surface area (Å²) in [6.45, 7) is 3.00. The lowest BCUT2D eigenvalue weighted by molar-refractivity contribution is -0.107. The molecule has 1 atom stereocenters. The molecule has 2 aliphatic rings. The van der Waals surface area contributed by atoms with E-state index in [4.69, 9.17) is 0 Å². The molecular formula is C23H22FN5O2. The number of aromatic amines is 1. The SMILES string of the molecule is C[C@@H]1CN(C(=O)c2ccnc(F)c2)CC=C1c1cc(N(C=O)C2CC2)nc2[nH]ccc12. The Morgan fingerprint density at radius 1 is 1.32 bits per heavy atom. The van der Waals surface area contributed by atoms with Crippen molar-refractivity contribution in [2.24, 2.45) is 5.92 Å². The fourth-order valence-corrected chi connectivity index (χ4v) is 4.25. The van der Waals surface area contributed by atoms with Gasteiger partial charge >= 0.3 is 0 Å². The number of anilines is 1. The van der Waals surface area contributed by atoms with Crippen molar-refractivity contribution in [2.45, 2.75) is 25.8 Å². The van der Waals surface area contributed by atoms with Crippen LogP contribution in [0, 0.1) is 11.9 Å². The first-order chi connectivity index (χ1) is 15.0. The highest BCUT2D eigenvalue weighted by Crippen LogP contribution is 2.36. The minimum atomic E-state index is -0.665. The number of nitrogens with zero attached hydrogens (tertiary/aromatic N) is 4. The molecule has 2 amide bonds. The summed E-state index contributed by atoms with van der Waals surface area (Å²) in [4.78, 5) is 39.2. The van der Waals surface area contributed by atoms with Gasteiger partial charge in [-0.15, -0.1) is 0 Å². The molecule has 31 heavy (non-hydrogen) atoms.